The van der Waals surface area contributed by atoms with Crippen molar-refractivity contribution in [1.82, 2.24) is 20.6 Å². The fourth-order valence-electron chi connectivity index (χ4n) is 18.5. The van der Waals surface area contributed by atoms with E-state index in [9.17, 15) is 15.3 Å². The van der Waals surface area contributed by atoms with Crippen molar-refractivity contribution in [1.29, 1.82) is 0 Å². The number of carbonyl (C=O) groups is 1. The van der Waals surface area contributed by atoms with Gasteiger partial charge < -0.3 is 42.0 Å². The minimum atomic E-state index is -1.27. The van der Waals surface area contributed by atoms with E-state index < -0.39 is 33.3 Å². The van der Waals surface area contributed by atoms with Crippen LogP contribution in [0.3, 0.4) is 0 Å². The Morgan fingerprint density at radius 1 is 1.00 bits per heavy atom. The molecule has 4 spiro atoms. The number of rotatable bonds is 10. The van der Waals surface area contributed by atoms with E-state index in [1.807, 2.05) is 45.3 Å². The predicted octanol–water partition coefficient (Wildman–Crippen LogP) is 10.9. The number of nitrogens with zero attached hydrogens (tertiary/aromatic N) is 2. The van der Waals surface area contributed by atoms with Gasteiger partial charge >= 0.3 is 0 Å². The zero-order valence-corrected chi connectivity index (χ0v) is 48.4. The number of aliphatic hydroxyl groups is 2. The van der Waals surface area contributed by atoms with E-state index in [1.165, 1.54) is 12.0 Å². The molecule has 418 valence electrons. The molecule has 2 aliphatic heterocycles. The first-order valence-electron chi connectivity index (χ1n) is 29.9. The quantitative estimate of drug-likeness (QED) is 0.0222. The molecule has 13 unspecified atom stereocenters. The number of aromatic nitrogens is 2. The number of aliphatic imine (C=N–C) groups is 1. The van der Waals surface area contributed by atoms with Gasteiger partial charge in [-0.25, -0.2) is 9.98 Å². The second-order valence-electron chi connectivity index (χ2n) is 25.9. The van der Waals surface area contributed by atoms with Gasteiger partial charge in [-0.15, -0.1) is 28.6 Å². The molecule has 2 aromatic carbocycles. The van der Waals surface area contributed by atoms with Gasteiger partial charge in [0.05, 0.1) is 45.0 Å². The Bertz CT molecular complexity index is 3580. The molecule has 4 fully saturated rings. The van der Waals surface area contributed by atoms with Crippen LogP contribution in [0.4, 0.5) is 5.69 Å². The number of thiophene rings is 2. The Morgan fingerprint density at radius 3 is 2.67 bits per heavy atom. The average Bonchev–Trinajstić information content (AvgIpc) is 1.90. The lowest BCUT2D eigenvalue weighted by Gasteiger charge is -2.58. The number of guanidine groups is 1. The number of carbonyl (C=O) groups excluding carboxylic acids is 1. The second-order valence-corrected chi connectivity index (χ2v) is 28.0. The molecular weight excluding hydrogens is 1040 g/mol. The number of Topliss-reactive ketones (excluding diaryl/α,β-unsaturated/α-hetero) is 1. The van der Waals surface area contributed by atoms with Crippen LogP contribution in [0.2, 0.25) is 0 Å². The van der Waals surface area contributed by atoms with Crippen LogP contribution in [0.1, 0.15) is 144 Å². The number of hydrogen-bond acceptors (Lipinski definition) is 10. The predicted molar refractivity (Wildman–Crippen MR) is 324 cm³/mol. The molecule has 13 heteroatoms. The third-order valence-electron chi connectivity index (χ3n) is 21.8. The summed E-state index contributed by atoms with van der Waals surface area (Å²) in [6.45, 7) is 4.59. The van der Waals surface area contributed by atoms with E-state index in [0.717, 1.165) is 117 Å². The topological polar surface area (TPSA) is 181 Å². The van der Waals surface area contributed by atoms with Crippen LogP contribution < -0.4 is 21.7 Å². The minimum Gasteiger partial charge on any atom is -0.507 e. The van der Waals surface area contributed by atoms with Gasteiger partial charge in [-0.05, 0) is 166 Å². The summed E-state index contributed by atoms with van der Waals surface area (Å²) in [5, 5.41) is 48.7. The zero-order chi connectivity index (χ0) is 55.5. The highest BCUT2D eigenvalue weighted by atomic mass is 32.1. The number of aromatic amines is 1. The van der Waals surface area contributed by atoms with E-state index >= 15 is 4.79 Å². The fourth-order valence-corrected chi connectivity index (χ4v) is 20.5. The van der Waals surface area contributed by atoms with Gasteiger partial charge in [0.1, 0.15) is 5.75 Å². The van der Waals surface area contributed by atoms with Gasteiger partial charge in [0, 0.05) is 81.3 Å². The van der Waals surface area contributed by atoms with Crippen molar-refractivity contribution in [2.24, 2.45) is 62.0 Å². The first-order valence-corrected chi connectivity index (χ1v) is 31.5. The molecule has 9 N–H and O–H groups in total. The molecule has 5 heterocycles. The number of allylic oxidation sites excluding steroid dienone is 3. The van der Waals surface area contributed by atoms with Crippen molar-refractivity contribution < 1.29 is 20.1 Å². The van der Waals surface area contributed by atoms with Gasteiger partial charge in [0.25, 0.3) is 0 Å². The molecule has 81 heavy (non-hydrogen) atoms. The smallest absolute Gasteiger partial charge is 0.189 e. The van der Waals surface area contributed by atoms with E-state index in [4.69, 9.17) is 10.7 Å². The highest BCUT2D eigenvalue weighted by Crippen LogP contribution is 2.83. The molecule has 5 aromatic rings. The van der Waals surface area contributed by atoms with Crippen molar-refractivity contribution in [3.63, 3.8) is 0 Å². The number of aliphatic hydroxyl groups excluding tert-OH is 1. The number of nitrogens with two attached hydrogens (primary N) is 1. The molecule has 3 aromatic heterocycles. The molecule has 0 saturated heterocycles. The summed E-state index contributed by atoms with van der Waals surface area (Å²) in [7, 11) is 2.03. The summed E-state index contributed by atoms with van der Waals surface area (Å²) in [6, 6.07) is 16.3. The average molecular weight is 1120 g/mol. The largest absolute Gasteiger partial charge is 0.507 e. The van der Waals surface area contributed by atoms with Crippen molar-refractivity contribution in [2.45, 2.75) is 133 Å². The summed E-state index contributed by atoms with van der Waals surface area (Å²) >= 11 is 3.28. The number of H-pyrrole nitrogens is 1. The zero-order valence-electron chi connectivity index (χ0n) is 46.8. The monoisotopic (exact) mass is 1120 g/mol. The van der Waals surface area contributed by atoms with Crippen LogP contribution in [0, 0.1) is 74.9 Å². The summed E-state index contributed by atoms with van der Waals surface area (Å²) in [6.07, 6.45) is 29.5. The standard InChI is InChI=1S/C68H75N7O4S2/c1-4-9-45-14-18-55(80-45)56-19-20-57(81-56)62(78)52-24-26-65-27-25-58-66(52,37-65)38-67(28-22-41(34-70-3)53(67)36-76)68(58)29-23-48-47-13-8-10-40(50(47)32-44-35-71-39-72-44)33-64(2,79)59-21-16-49-54(77)30-42(46(61(49)74-59)15-17-51(48)68)31-60(65)75-63(69)73-43-11-6-5-7-12-43/h8,10,13-14,16,18-21,23,25,27,29-30,35,39,41,43,48,51-53,58-60,70,74,76-77,79H,5-7,11-12,22,24,26,28,31-34,36-38H2,1-3H3,(H,71,72)(H3,69,73,75). The number of nitrogens with one attached hydrogen (secondary N) is 4. The van der Waals surface area contributed by atoms with Gasteiger partial charge in [0.15, 0.2) is 11.7 Å². The minimum absolute atomic E-state index is 0.0295. The number of ketones is 1. The van der Waals surface area contributed by atoms with Crippen molar-refractivity contribution in [3.8, 4) is 39.2 Å². The van der Waals surface area contributed by atoms with E-state index in [2.05, 4.69) is 116 Å². The molecule has 0 radical (unpaired) electrons. The van der Waals surface area contributed by atoms with Crippen LogP contribution in [-0.4, -0.2) is 81.0 Å². The van der Waals surface area contributed by atoms with Crippen LogP contribution in [-0.2, 0) is 19.3 Å². The maximum Gasteiger partial charge on any atom is 0.189 e. The third-order valence-corrected chi connectivity index (χ3v) is 24.1. The number of benzene rings is 2. The van der Waals surface area contributed by atoms with Crippen molar-refractivity contribution in [3.05, 3.63) is 140 Å². The number of fused-ring (bicyclic) bond motifs is 5. The van der Waals surface area contributed by atoms with Crippen LogP contribution in [0.15, 0.2) is 96.4 Å². The van der Waals surface area contributed by atoms with E-state index in [1.54, 1.807) is 29.0 Å². The van der Waals surface area contributed by atoms with E-state index in [0.29, 0.717) is 37.2 Å². The summed E-state index contributed by atoms with van der Waals surface area (Å²) < 4.78 is 0. The van der Waals surface area contributed by atoms with Crippen molar-refractivity contribution >= 4 is 46.2 Å². The molecule has 15 rings (SSSR count). The number of anilines is 1. The van der Waals surface area contributed by atoms with Crippen molar-refractivity contribution in [2.75, 3.05) is 25.5 Å². The normalized spacial score (nSPS) is 34.8. The molecule has 8 aliphatic carbocycles. The Labute approximate surface area is 484 Å². The molecule has 4 saturated carbocycles. The Kier molecular flexibility index (Phi) is 13.1. The highest BCUT2D eigenvalue weighted by molar-refractivity contribution is 7.23. The molecule has 11 nitrogen and oxygen atoms in total. The number of phenols is 1. The first kappa shape index (κ1) is 52.9. The molecule has 0 amide bonds. The summed E-state index contributed by atoms with van der Waals surface area (Å²) in [5.74, 6) is 14.5. The number of imidazole rings is 1. The SMILES string of the molecule is CC#Cc1ccc(-c2ccc(C(=O)C3CCC45C=CC6C3(C4)CC3(CCC(CNC)C3CO)C63C=CC4c6cccc(c6Cc6cnc[nH]6)CC(C)(O)C6C=Cc7c(O)cc(c(c7N6)C#CC43)CC5N=C(N)NC3CCCCC3)s2)s1. The van der Waals surface area contributed by atoms with Crippen LogP contribution in [0.5, 0.6) is 5.75 Å². The van der Waals surface area contributed by atoms with Crippen LogP contribution in [0.25, 0.3) is 15.8 Å². The molecule has 10 aliphatic rings. The third kappa shape index (κ3) is 8.25. The van der Waals surface area contributed by atoms with E-state index in [-0.39, 0.29) is 65.7 Å². The Balaban J connectivity index is 1.04. The molecule has 13 atom stereocenters. The number of aromatic hydroxyl groups is 1. The Hall–Kier alpha value is -6.19. The molecule has 10 bridgehead atoms. The molecular formula is C68H75N7O4S2. The summed E-state index contributed by atoms with van der Waals surface area (Å²) in [5.41, 5.74) is 11.1. The second kappa shape index (κ2) is 20.0. The highest BCUT2D eigenvalue weighted by Gasteiger charge is 2.78. The van der Waals surface area contributed by atoms with Gasteiger partial charge in [-0.1, -0.05) is 91.7 Å². The van der Waals surface area contributed by atoms with Gasteiger partial charge in [-0.2, -0.15) is 0 Å². The number of phenolic OH excluding ortho intramolecular Hbond substituents is 1. The maximum atomic E-state index is 16.4. The Morgan fingerprint density at radius 2 is 1.85 bits per heavy atom. The summed E-state index contributed by atoms with van der Waals surface area (Å²) in [4.78, 5) is 33.9. The lowest BCUT2D eigenvalue weighted by atomic mass is 9.45. The van der Waals surface area contributed by atoms with Crippen LogP contribution >= 0.6 is 22.7 Å². The maximum absolute atomic E-state index is 16.4. The van der Waals surface area contributed by atoms with Gasteiger partial charge in [-0.3, -0.25) is 4.79 Å². The number of hydrogen-bond donors (Lipinski definition) is 8. The fraction of sp³-hybridized carbons (Fsp3) is 0.485. The lowest BCUT2D eigenvalue weighted by Crippen LogP contribution is -2.56. The first-order chi connectivity index (χ1) is 39.3. The van der Waals surface area contributed by atoms with Gasteiger partial charge in [0.2, 0.25) is 0 Å². The lowest BCUT2D eigenvalue weighted by molar-refractivity contribution is -0.0270.